The molecule has 1 saturated carbocycles. The molecule has 6 nitrogen and oxygen atoms in total. The van der Waals surface area contributed by atoms with Crippen molar-refractivity contribution in [3.05, 3.63) is 29.9 Å². The molecule has 1 saturated heterocycles. The zero-order valence-electron chi connectivity index (χ0n) is 13.4. The van der Waals surface area contributed by atoms with Gasteiger partial charge in [-0.1, -0.05) is 25.4 Å². The van der Waals surface area contributed by atoms with Gasteiger partial charge in [-0.25, -0.2) is 14.4 Å². The summed E-state index contributed by atoms with van der Waals surface area (Å²) in [6.07, 6.45) is 5.77. The molecule has 1 aliphatic heterocycles. The van der Waals surface area contributed by atoms with Crippen molar-refractivity contribution in [2.75, 3.05) is 18.0 Å². The third-order valence-corrected chi connectivity index (χ3v) is 5.14. The highest BCUT2D eigenvalue weighted by Crippen LogP contribution is 2.50. The minimum Gasteiger partial charge on any atom is -0.339 e. The third-order valence-electron chi connectivity index (χ3n) is 5.14. The summed E-state index contributed by atoms with van der Waals surface area (Å²) in [5.41, 5.74) is -0.113. The topological polar surface area (TPSA) is 67.9 Å². The normalized spacial score (nSPS) is 27.0. The van der Waals surface area contributed by atoms with Crippen molar-refractivity contribution < 1.29 is 8.91 Å². The average molecular weight is 317 g/mol. The van der Waals surface area contributed by atoms with Crippen LogP contribution in [-0.4, -0.2) is 33.2 Å². The van der Waals surface area contributed by atoms with E-state index in [-0.39, 0.29) is 11.3 Å². The van der Waals surface area contributed by atoms with Gasteiger partial charge in [-0.15, -0.1) is 0 Å². The quantitative estimate of drug-likeness (QED) is 0.867. The van der Waals surface area contributed by atoms with Crippen LogP contribution >= 0.6 is 0 Å². The molecule has 3 heterocycles. The van der Waals surface area contributed by atoms with Crippen molar-refractivity contribution >= 4 is 5.95 Å². The van der Waals surface area contributed by atoms with E-state index >= 15 is 0 Å². The number of aromatic nitrogens is 4. The first-order valence-electron chi connectivity index (χ1n) is 8.15. The Morgan fingerprint density at radius 3 is 2.83 bits per heavy atom. The lowest BCUT2D eigenvalue weighted by Gasteiger charge is -2.24. The van der Waals surface area contributed by atoms with Gasteiger partial charge in [0.15, 0.2) is 11.6 Å². The SMILES string of the molecule is CC(C)c1noc([C@]23CCC[C@H]2CN(c2ncc(F)cn2)C3)n1. The second-order valence-corrected chi connectivity index (χ2v) is 6.94. The highest BCUT2D eigenvalue weighted by molar-refractivity contribution is 5.37. The Hall–Kier alpha value is -2.05. The molecule has 0 spiro atoms. The molecule has 23 heavy (non-hydrogen) atoms. The van der Waals surface area contributed by atoms with Gasteiger partial charge in [0.2, 0.25) is 11.8 Å². The standard InChI is InChI=1S/C16H20FN5O/c1-10(2)13-20-14(23-21-13)16-5-3-4-11(16)8-22(9-16)15-18-6-12(17)7-19-15/h6-7,10-11H,3-5,8-9H2,1-2H3/t11-,16-/m0/s1. The van der Waals surface area contributed by atoms with Gasteiger partial charge < -0.3 is 9.42 Å². The minimum atomic E-state index is -0.415. The van der Waals surface area contributed by atoms with E-state index in [2.05, 4.69) is 38.9 Å². The molecule has 0 aromatic carbocycles. The first-order chi connectivity index (χ1) is 11.1. The summed E-state index contributed by atoms with van der Waals surface area (Å²) in [6, 6.07) is 0. The van der Waals surface area contributed by atoms with Gasteiger partial charge in [-0.2, -0.15) is 4.98 Å². The second kappa shape index (κ2) is 5.25. The first-order valence-corrected chi connectivity index (χ1v) is 8.15. The molecule has 2 aliphatic rings. The van der Waals surface area contributed by atoms with E-state index in [1.807, 2.05) is 0 Å². The number of fused-ring (bicyclic) bond motifs is 1. The van der Waals surface area contributed by atoms with E-state index in [9.17, 15) is 4.39 Å². The number of hydrogen-bond acceptors (Lipinski definition) is 6. The molecule has 0 amide bonds. The van der Waals surface area contributed by atoms with Crippen LogP contribution in [-0.2, 0) is 5.41 Å². The summed E-state index contributed by atoms with van der Waals surface area (Å²) < 4.78 is 18.7. The molecule has 0 N–H and O–H groups in total. The van der Waals surface area contributed by atoms with Crippen LogP contribution in [0.3, 0.4) is 0 Å². The largest absolute Gasteiger partial charge is 0.339 e. The van der Waals surface area contributed by atoms with Crippen LogP contribution in [0.1, 0.15) is 50.7 Å². The minimum absolute atomic E-state index is 0.113. The molecular weight excluding hydrogens is 297 g/mol. The Balaban J connectivity index is 1.65. The molecular formula is C16H20FN5O. The van der Waals surface area contributed by atoms with Gasteiger partial charge in [0.05, 0.1) is 17.8 Å². The highest BCUT2D eigenvalue weighted by Gasteiger charge is 2.54. The fraction of sp³-hybridized carbons (Fsp3) is 0.625. The molecule has 2 atom stereocenters. The summed E-state index contributed by atoms with van der Waals surface area (Å²) in [4.78, 5) is 15.0. The number of nitrogens with zero attached hydrogens (tertiary/aromatic N) is 5. The highest BCUT2D eigenvalue weighted by atomic mass is 19.1. The summed E-state index contributed by atoms with van der Waals surface area (Å²) in [7, 11) is 0. The average Bonchev–Trinajstić information content (AvgIpc) is 3.21. The smallest absolute Gasteiger partial charge is 0.235 e. The van der Waals surface area contributed by atoms with Crippen molar-refractivity contribution in [2.24, 2.45) is 5.92 Å². The number of rotatable bonds is 3. The van der Waals surface area contributed by atoms with Gasteiger partial charge in [0, 0.05) is 19.0 Å². The fourth-order valence-electron chi connectivity index (χ4n) is 3.93. The maximum absolute atomic E-state index is 13.0. The van der Waals surface area contributed by atoms with Crippen molar-refractivity contribution in [2.45, 2.75) is 44.4 Å². The Morgan fingerprint density at radius 2 is 2.13 bits per heavy atom. The van der Waals surface area contributed by atoms with Crippen LogP contribution in [0.5, 0.6) is 0 Å². The van der Waals surface area contributed by atoms with Gasteiger partial charge in [0.25, 0.3) is 0 Å². The predicted octanol–water partition coefficient (Wildman–Crippen LogP) is 2.68. The third kappa shape index (κ3) is 2.29. The molecule has 4 rings (SSSR count). The van der Waals surface area contributed by atoms with Crippen LogP contribution in [0.15, 0.2) is 16.9 Å². The second-order valence-electron chi connectivity index (χ2n) is 6.94. The lowest BCUT2D eigenvalue weighted by atomic mass is 9.80. The van der Waals surface area contributed by atoms with Crippen LogP contribution in [0.2, 0.25) is 0 Å². The molecule has 122 valence electrons. The van der Waals surface area contributed by atoms with Gasteiger partial charge in [0.1, 0.15) is 0 Å². The first kappa shape index (κ1) is 14.5. The zero-order valence-corrected chi connectivity index (χ0v) is 13.4. The molecule has 7 heteroatoms. The Kier molecular flexibility index (Phi) is 3.32. The zero-order chi connectivity index (χ0) is 16.0. The maximum atomic E-state index is 13.0. The molecule has 2 aromatic rings. The molecule has 0 radical (unpaired) electrons. The van der Waals surface area contributed by atoms with Crippen LogP contribution < -0.4 is 4.90 Å². The van der Waals surface area contributed by atoms with E-state index in [1.54, 1.807) is 0 Å². The molecule has 0 bridgehead atoms. The Bertz CT molecular complexity index is 701. The van der Waals surface area contributed by atoms with Gasteiger partial charge in [-0.3, -0.25) is 0 Å². The van der Waals surface area contributed by atoms with E-state index in [4.69, 9.17) is 4.52 Å². The molecule has 1 aliphatic carbocycles. The number of anilines is 1. The Labute approximate surface area is 134 Å². The van der Waals surface area contributed by atoms with E-state index in [0.717, 1.165) is 37.6 Å². The van der Waals surface area contributed by atoms with Crippen molar-refractivity contribution in [1.82, 2.24) is 20.1 Å². The Morgan fingerprint density at radius 1 is 1.35 bits per heavy atom. The summed E-state index contributed by atoms with van der Waals surface area (Å²) >= 11 is 0. The van der Waals surface area contributed by atoms with Crippen molar-refractivity contribution in [3.8, 4) is 0 Å². The number of hydrogen-bond donors (Lipinski definition) is 0. The lowest BCUT2D eigenvalue weighted by molar-refractivity contribution is 0.264. The predicted molar refractivity (Wildman–Crippen MR) is 81.6 cm³/mol. The van der Waals surface area contributed by atoms with E-state index < -0.39 is 5.82 Å². The fourth-order valence-corrected chi connectivity index (χ4v) is 3.93. The van der Waals surface area contributed by atoms with Crippen molar-refractivity contribution in [1.29, 1.82) is 0 Å². The molecule has 2 fully saturated rings. The summed E-state index contributed by atoms with van der Waals surface area (Å²) in [5.74, 6) is 2.37. The lowest BCUT2D eigenvalue weighted by Crippen LogP contribution is -2.32. The maximum Gasteiger partial charge on any atom is 0.235 e. The summed E-state index contributed by atoms with van der Waals surface area (Å²) in [5, 5.41) is 4.14. The molecule has 2 aromatic heterocycles. The van der Waals surface area contributed by atoms with Gasteiger partial charge in [-0.05, 0) is 18.8 Å². The van der Waals surface area contributed by atoms with E-state index in [1.165, 1.54) is 18.8 Å². The van der Waals surface area contributed by atoms with Crippen LogP contribution in [0.4, 0.5) is 10.3 Å². The van der Waals surface area contributed by atoms with E-state index in [0.29, 0.717) is 11.9 Å². The number of halogens is 1. The summed E-state index contributed by atoms with van der Waals surface area (Å²) in [6.45, 7) is 5.73. The van der Waals surface area contributed by atoms with Gasteiger partial charge >= 0.3 is 0 Å². The van der Waals surface area contributed by atoms with Crippen LogP contribution in [0, 0.1) is 11.7 Å². The molecule has 0 unspecified atom stereocenters. The monoisotopic (exact) mass is 317 g/mol. The van der Waals surface area contributed by atoms with Crippen molar-refractivity contribution in [3.63, 3.8) is 0 Å². The van der Waals surface area contributed by atoms with Crippen LogP contribution in [0.25, 0.3) is 0 Å².